The summed E-state index contributed by atoms with van der Waals surface area (Å²) in [5.74, 6) is -3.03. The summed E-state index contributed by atoms with van der Waals surface area (Å²) in [7, 11) is 0. The fourth-order valence-corrected chi connectivity index (χ4v) is 7.92. The minimum absolute atomic E-state index is 0.0258. The van der Waals surface area contributed by atoms with Crippen molar-refractivity contribution in [3.8, 4) is 33.9 Å². The number of aromatic amines is 1. The van der Waals surface area contributed by atoms with Gasteiger partial charge >= 0.3 is 11.9 Å². The van der Waals surface area contributed by atoms with Crippen molar-refractivity contribution in [1.82, 2.24) is 15.0 Å². The van der Waals surface area contributed by atoms with Crippen molar-refractivity contribution in [3.05, 3.63) is 107 Å². The van der Waals surface area contributed by atoms with Crippen LogP contribution in [0.4, 0.5) is 0 Å². The topological polar surface area (TPSA) is 252 Å². The molecular weight excluding hydrogens is 819 g/mol. The highest BCUT2D eigenvalue weighted by atomic mass is 16.8. The van der Waals surface area contributed by atoms with Gasteiger partial charge in [-0.2, -0.15) is 4.73 Å². The lowest BCUT2D eigenvalue weighted by molar-refractivity contribution is -0.341. The van der Waals surface area contributed by atoms with Crippen LogP contribution in [-0.4, -0.2) is 109 Å². The number of aryl methyl sites for hydroxylation is 2. The molecule has 3 aromatic carbocycles. The lowest BCUT2D eigenvalue weighted by Crippen LogP contribution is -2.75. The van der Waals surface area contributed by atoms with E-state index in [-0.39, 0.29) is 58.8 Å². The molecule has 1 aliphatic heterocycles. The molecule has 1 saturated heterocycles. The zero-order valence-electron chi connectivity index (χ0n) is 34.9. The Morgan fingerprint density at radius 2 is 1.76 bits per heavy atom. The Labute approximate surface area is 360 Å². The number of esters is 1. The molecule has 0 saturated carbocycles. The van der Waals surface area contributed by atoms with Crippen LogP contribution < -0.4 is 20.3 Å². The van der Waals surface area contributed by atoms with Crippen LogP contribution in [0.15, 0.2) is 94.6 Å². The number of fused-ring (bicyclic) bond motifs is 2. The number of carbonyl (C=O) groups excluding carboxylic acids is 2. The zero-order chi connectivity index (χ0) is 45.2. The predicted molar refractivity (Wildman–Crippen MR) is 228 cm³/mol. The number of carboxylic acids is 1. The fraction of sp³-hybridized carbons (Fsp3) is 0.348. The van der Waals surface area contributed by atoms with Crippen LogP contribution >= 0.6 is 0 Å². The van der Waals surface area contributed by atoms with Crippen molar-refractivity contribution in [3.63, 3.8) is 0 Å². The van der Waals surface area contributed by atoms with Crippen LogP contribution in [0.3, 0.4) is 0 Å². The van der Waals surface area contributed by atoms with Crippen LogP contribution in [0.1, 0.15) is 37.8 Å². The number of benzene rings is 3. The molecule has 3 aromatic heterocycles. The summed E-state index contributed by atoms with van der Waals surface area (Å²) in [5.41, 5.74) is 1.70. The van der Waals surface area contributed by atoms with Crippen LogP contribution in [0.2, 0.25) is 0 Å². The average Bonchev–Trinajstić information content (AvgIpc) is 3.83. The van der Waals surface area contributed by atoms with Gasteiger partial charge in [0.15, 0.2) is 11.0 Å². The maximum absolute atomic E-state index is 13.6. The van der Waals surface area contributed by atoms with Gasteiger partial charge < -0.3 is 58.8 Å². The third kappa shape index (κ3) is 9.19. The lowest BCUT2D eigenvalue weighted by atomic mass is 9.77. The van der Waals surface area contributed by atoms with Gasteiger partial charge in [-0.25, -0.2) is 9.59 Å². The number of phenols is 1. The normalized spacial score (nSPS) is 21.0. The smallest absolute Gasteiger partial charge is 0.334 e. The van der Waals surface area contributed by atoms with Gasteiger partial charge in [-0.1, -0.05) is 43.2 Å². The molecule has 7 unspecified atom stereocenters. The van der Waals surface area contributed by atoms with Crippen LogP contribution in [0.5, 0.6) is 11.5 Å². The molecule has 4 heterocycles. The van der Waals surface area contributed by atoms with Crippen molar-refractivity contribution >= 4 is 40.1 Å². The van der Waals surface area contributed by atoms with Gasteiger partial charge in [0.05, 0.1) is 28.8 Å². The van der Waals surface area contributed by atoms with Crippen molar-refractivity contribution < 1.29 is 63.4 Å². The van der Waals surface area contributed by atoms with E-state index in [4.69, 9.17) is 23.5 Å². The number of phenolic OH excluding ortho intramolecular Hbond substituents is 1. The monoisotopic (exact) mass is 867 g/mol. The number of hydrogen-bond acceptors (Lipinski definition) is 14. The van der Waals surface area contributed by atoms with Crippen molar-refractivity contribution in [2.24, 2.45) is 5.92 Å². The van der Waals surface area contributed by atoms with E-state index >= 15 is 0 Å². The Morgan fingerprint density at radius 3 is 2.44 bits per heavy atom. The van der Waals surface area contributed by atoms with Gasteiger partial charge in [0.25, 0.3) is 0 Å². The maximum Gasteiger partial charge on any atom is 0.334 e. The minimum atomic E-state index is -2.64. The Morgan fingerprint density at radius 1 is 1.03 bits per heavy atom. The molecule has 17 nitrogen and oxygen atoms in total. The highest BCUT2D eigenvalue weighted by molar-refractivity contribution is 5.98. The number of nitrogens with one attached hydrogen (secondary N) is 2. The summed E-state index contributed by atoms with van der Waals surface area (Å²) in [6, 6.07) is 16.2. The molecule has 63 heavy (non-hydrogen) atoms. The van der Waals surface area contributed by atoms with Crippen molar-refractivity contribution in [2.75, 3.05) is 13.2 Å². The number of ether oxygens (including phenoxy) is 3. The second-order valence-electron chi connectivity index (χ2n) is 16.1. The molecule has 0 aliphatic carbocycles. The van der Waals surface area contributed by atoms with E-state index in [9.17, 15) is 44.7 Å². The number of hydrogen-bond donors (Lipinski definition) is 7. The molecule has 7 rings (SSSR count). The molecule has 0 radical (unpaired) electrons. The third-order valence-corrected chi connectivity index (χ3v) is 10.9. The van der Waals surface area contributed by atoms with E-state index in [1.165, 1.54) is 41.3 Å². The first kappa shape index (κ1) is 44.6. The molecule has 6 aromatic rings. The summed E-state index contributed by atoms with van der Waals surface area (Å²) in [6.45, 7) is 6.52. The van der Waals surface area contributed by atoms with Gasteiger partial charge in [0.1, 0.15) is 54.1 Å². The molecule has 0 spiro atoms. The Balaban J connectivity index is 1.31. The van der Waals surface area contributed by atoms with E-state index in [0.29, 0.717) is 23.1 Å². The number of aliphatic hydroxyl groups is 3. The summed E-state index contributed by atoms with van der Waals surface area (Å²) < 4.78 is 25.4. The predicted octanol–water partition coefficient (Wildman–Crippen LogP) is 4.01. The molecule has 1 aliphatic rings. The number of rotatable bonds is 17. The number of aldehydes is 1. The van der Waals surface area contributed by atoms with Gasteiger partial charge in [0, 0.05) is 36.2 Å². The second-order valence-corrected chi connectivity index (χ2v) is 16.1. The van der Waals surface area contributed by atoms with Crippen LogP contribution in [0, 0.1) is 19.8 Å². The molecule has 332 valence electrons. The maximum atomic E-state index is 13.6. The number of H-pyrrole nitrogens is 1. The zero-order valence-corrected chi connectivity index (χ0v) is 34.9. The number of carbonyl (C=O) groups is 3. The van der Waals surface area contributed by atoms with E-state index in [0.717, 1.165) is 22.1 Å². The first-order chi connectivity index (χ1) is 30.1. The molecule has 0 amide bonds. The molecule has 7 N–H and O–H groups in total. The van der Waals surface area contributed by atoms with Crippen LogP contribution in [0.25, 0.3) is 44.3 Å². The van der Waals surface area contributed by atoms with Crippen molar-refractivity contribution in [2.45, 2.75) is 82.9 Å². The summed E-state index contributed by atoms with van der Waals surface area (Å²) in [6.07, 6.45) is -3.82. The number of aromatic nitrogens is 2. The quantitative estimate of drug-likeness (QED) is 0.0296. The highest BCUT2D eigenvalue weighted by Crippen LogP contribution is 2.39. The van der Waals surface area contributed by atoms with Gasteiger partial charge in [-0.05, 0) is 74.2 Å². The molecule has 7 atom stereocenters. The van der Waals surface area contributed by atoms with Crippen LogP contribution in [-0.2, 0) is 23.9 Å². The van der Waals surface area contributed by atoms with E-state index in [1.807, 2.05) is 38.1 Å². The Hall–Kier alpha value is -6.50. The first-order valence-corrected chi connectivity index (χ1v) is 20.3. The Kier molecular flexibility index (Phi) is 13.1. The number of aromatic hydroxyl groups is 1. The lowest BCUT2D eigenvalue weighted by Gasteiger charge is -2.51. The first-order valence-electron chi connectivity index (χ1n) is 20.3. The molecule has 0 bridgehead atoms. The molecule has 17 heteroatoms. The van der Waals surface area contributed by atoms with Crippen molar-refractivity contribution in [1.29, 1.82) is 0 Å². The van der Waals surface area contributed by atoms with E-state index in [1.54, 1.807) is 38.4 Å². The number of aliphatic hydroxyl groups excluding tert-OH is 2. The fourth-order valence-electron chi connectivity index (χ4n) is 7.92. The number of carboxylic acid groups (broad SMARTS) is 1. The summed E-state index contributed by atoms with van der Waals surface area (Å²) in [4.78, 5) is 59.4. The average molecular weight is 868 g/mol. The van der Waals surface area contributed by atoms with Gasteiger partial charge in [0.2, 0.25) is 18.4 Å². The van der Waals surface area contributed by atoms with Gasteiger partial charge in [-0.3, -0.25) is 10.1 Å². The summed E-state index contributed by atoms with van der Waals surface area (Å²) >= 11 is 0. The number of aliphatic carboxylic acids is 1. The van der Waals surface area contributed by atoms with E-state index in [2.05, 4.69) is 10.3 Å². The minimum Gasteiger partial charge on any atom is -0.508 e. The van der Waals surface area contributed by atoms with Gasteiger partial charge in [-0.15, -0.1) is 0 Å². The highest BCUT2D eigenvalue weighted by Gasteiger charge is 2.62. The Bertz CT molecular complexity index is 2650. The molecule has 1 fully saturated rings. The third-order valence-electron chi connectivity index (χ3n) is 10.9. The molecular formula is C46H49N3O14. The SMILES string of the molecule is Cc1cc(C)cc(-c2c3[nH]ccc3cn2OC2C(Oc3ccc4c(=O)c(-c5ccc(O)cc5)coc4c3)OC(COC(=O)C(NCCC=O)C(=O)O)C(O)C2(O)C(O)CC(C)C)c1. The standard InChI is InChI=1S/C46H49N3O14/c1-24(2)16-36(52)46(58)41(54)35(23-60-44(57)38(43(55)56)47-13-5-15-50)62-45(42(46)63-49-21-28-12-14-48-37(28)39(49)29-18-25(3)17-26(4)19-29)61-31-10-11-32-34(20-31)59-22-33(40(32)53)27-6-8-30(51)9-7-27/h6-12,14-15,17-22,24,35-36,38,41-42,45,47-48,51-52,54,58H,5,13,16,23H2,1-4H3,(H,55,56). The second kappa shape index (κ2) is 18.5. The summed E-state index contributed by atoms with van der Waals surface area (Å²) in [5, 5.41) is 59.7. The largest absolute Gasteiger partial charge is 0.508 e. The number of nitrogens with zero attached hydrogens (tertiary/aromatic N) is 1. The van der Waals surface area contributed by atoms with E-state index < -0.39 is 60.9 Å².